The molecule has 0 fully saturated rings. The van der Waals surface area contributed by atoms with Crippen LogP contribution in [0.1, 0.15) is 26.7 Å². The van der Waals surface area contributed by atoms with Gasteiger partial charge < -0.3 is 14.6 Å². The molecule has 0 saturated carbocycles. The van der Waals surface area contributed by atoms with E-state index in [0.29, 0.717) is 19.6 Å². The van der Waals surface area contributed by atoms with Crippen LogP contribution in [0.25, 0.3) is 0 Å². The lowest BCUT2D eigenvalue weighted by molar-refractivity contribution is -0.133. The van der Waals surface area contributed by atoms with Gasteiger partial charge in [-0.25, -0.2) is 0 Å². The van der Waals surface area contributed by atoms with Crippen molar-refractivity contribution < 1.29 is 14.6 Å². The normalized spacial score (nSPS) is 11.7. The van der Waals surface area contributed by atoms with Crippen LogP contribution >= 0.6 is 0 Å². The van der Waals surface area contributed by atoms with Crippen LogP contribution in [0.15, 0.2) is 12.2 Å². The summed E-state index contributed by atoms with van der Waals surface area (Å²) in [5, 5.41) is 8.52. The molecule has 0 rings (SSSR count). The maximum Gasteiger partial charge on any atom is 0.160 e. The summed E-state index contributed by atoms with van der Waals surface area (Å²) in [6.45, 7) is 5.42. The van der Waals surface area contributed by atoms with Crippen molar-refractivity contribution in [3.63, 3.8) is 0 Å². The van der Waals surface area contributed by atoms with Crippen LogP contribution in [-0.2, 0) is 9.47 Å². The molecule has 1 N–H and O–H groups in total. The number of aliphatic hydroxyl groups is 1. The van der Waals surface area contributed by atoms with Gasteiger partial charge in [0.05, 0.1) is 0 Å². The van der Waals surface area contributed by atoms with E-state index in [4.69, 9.17) is 14.6 Å². The average Bonchev–Trinajstić information content (AvgIpc) is 2.13. The van der Waals surface area contributed by atoms with Gasteiger partial charge in [-0.1, -0.05) is 12.2 Å². The predicted molar refractivity (Wildman–Crippen MR) is 52.5 cm³/mol. The first-order valence-electron chi connectivity index (χ1n) is 4.84. The lowest BCUT2D eigenvalue weighted by atomic mass is 10.3. The largest absolute Gasteiger partial charge is 0.396 e. The first-order chi connectivity index (χ1) is 6.35. The minimum atomic E-state index is -0.134. The summed E-state index contributed by atoms with van der Waals surface area (Å²) in [5.41, 5.74) is 0. The molecular weight excluding hydrogens is 168 g/mol. The summed E-state index contributed by atoms with van der Waals surface area (Å²) in [5.74, 6) is 0. The number of hydrogen-bond acceptors (Lipinski definition) is 3. The monoisotopic (exact) mass is 188 g/mol. The van der Waals surface area contributed by atoms with Crippen LogP contribution in [0.2, 0.25) is 0 Å². The van der Waals surface area contributed by atoms with Gasteiger partial charge in [-0.2, -0.15) is 0 Å². The highest BCUT2D eigenvalue weighted by Crippen LogP contribution is 2.02. The van der Waals surface area contributed by atoms with E-state index in [9.17, 15) is 0 Å². The molecule has 0 radical (unpaired) electrons. The third-order valence-corrected chi connectivity index (χ3v) is 1.50. The highest BCUT2D eigenvalue weighted by Gasteiger charge is 2.03. The molecule has 0 amide bonds. The number of hydrogen-bond donors (Lipinski definition) is 1. The fourth-order valence-electron chi connectivity index (χ4n) is 0.956. The van der Waals surface area contributed by atoms with Gasteiger partial charge in [0.15, 0.2) is 6.29 Å². The SMILES string of the molecule is CCOC(C/C=C\CCO)OCC. The first-order valence-corrected chi connectivity index (χ1v) is 4.84. The van der Waals surface area contributed by atoms with E-state index in [2.05, 4.69) is 0 Å². The maximum absolute atomic E-state index is 8.52. The van der Waals surface area contributed by atoms with Crippen molar-refractivity contribution in [1.82, 2.24) is 0 Å². The van der Waals surface area contributed by atoms with E-state index >= 15 is 0 Å². The first kappa shape index (κ1) is 12.6. The van der Waals surface area contributed by atoms with Crippen molar-refractivity contribution in [2.24, 2.45) is 0 Å². The quantitative estimate of drug-likeness (QED) is 0.465. The molecule has 0 aliphatic heterocycles. The summed E-state index contributed by atoms with van der Waals surface area (Å²) in [6.07, 6.45) is 5.23. The zero-order chi connectivity index (χ0) is 9.94. The van der Waals surface area contributed by atoms with Crippen LogP contribution in [-0.4, -0.2) is 31.2 Å². The summed E-state index contributed by atoms with van der Waals surface area (Å²) in [6, 6.07) is 0. The molecule has 0 atom stereocenters. The number of ether oxygens (including phenoxy) is 2. The molecule has 3 heteroatoms. The molecule has 0 unspecified atom stereocenters. The van der Waals surface area contributed by atoms with Gasteiger partial charge in [-0.15, -0.1) is 0 Å². The van der Waals surface area contributed by atoms with Gasteiger partial charge in [0.2, 0.25) is 0 Å². The fourth-order valence-corrected chi connectivity index (χ4v) is 0.956. The van der Waals surface area contributed by atoms with E-state index in [-0.39, 0.29) is 12.9 Å². The second-order valence-corrected chi connectivity index (χ2v) is 2.56. The Morgan fingerprint density at radius 2 is 1.77 bits per heavy atom. The highest BCUT2D eigenvalue weighted by atomic mass is 16.7. The lowest BCUT2D eigenvalue weighted by Gasteiger charge is -2.14. The number of aliphatic hydroxyl groups excluding tert-OH is 1. The van der Waals surface area contributed by atoms with Crippen molar-refractivity contribution in [3.05, 3.63) is 12.2 Å². The molecule has 13 heavy (non-hydrogen) atoms. The third-order valence-electron chi connectivity index (χ3n) is 1.50. The van der Waals surface area contributed by atoms with Gasteiger partial charge >= 0.3 is 0 Å². The van der Waals surface area contributed by atoms with E-state index in [1.54, 1.807) is 0 Å². The maximum atomic E-state index is 8.52. The van der Waals surface area contributed by atoms with E-state index in [1.165, 1.54) is 0 Å². The smallest absolute Gasteiger partial charge is 0.160 e. The lowest BCUT2D eigenvalue weighted by Crippen LogP contribution is -2.16. The Labute approximate surface area is 80.4 Å². The van der Waals surface area contributed by atoms with Crippen LogP contribution in [0, 0.1) is 0 Å². The van der Waals surface area contributed by atoms with E-state index < -0.39 is 0 Å². The average molecular weight is 188 g/mol. The Morgan fingerprint density at radius 3 is 2.23 bits per heavy atom. The van der Waals surface area contributed by atoms with Crippen LogP contribution in [0.4, 0.5) is 0 Å². The molecule has 0 aromatic heterocycles. The molecule has 0 aliphatic carbocycles. The molecule has 0 aromatic rings. The summed E-state index contributed by atoms with van der Waals surface area (Å²) in [7, 11) is 0. The second kappa shape index (κ2) is 9.71. The van der Waals surface area contributed by atoms with Crippen molar-refractivity contribution in [2.45, 2.75) is 33.0 Å². The minimum Gasteiger partial charge on any atom is -0.396 e. The van der Waals surface area contributed by atoms with Gasteiger partial charge in [0, 0.05) is 26.2 Å². The molecule has 78 valence electrons. The molecular formula is C10H20O3. The standard InChI is InChI=1S/C10H20O3/c1-3-12-10(13-4-2)8-6-5-7-9-11/h5-6,10-11H,3-4,7-9H2,1-2H3/b6-5-. The summed E-state index contributed by atoms with van der Waals surface area (Å²) >= 11 is 0. The second-order valence-electron chi connectivity index (χ2n) is 2.56. The van der Waals surface area contributed by atoms with Gasteiger partial charge in [0.25, 0.3) is 0 Å². The van der Waals surface area contributed by atoms with Crippen LogP contribution < -0.4 is 0 Å². The van der Waals surface area contributed by atoms with Crippen molar-refractivity contribution >= 4 is 0 Å². The van der Waals surface area contributed by atoms with Crippen molar-refractivity contribution in [2.75, 3.05) is 19.8 Å². The Morgan fingerprint density at radius 1 is 1.15 bits per heavy atom. The van der Waals surface area contributed by atoms with Crippen LogP contribution in [0.3, 0.4) is 0 Å². The van der Waals surface area contributed by atoms with Gasteiger partial charge in [-0.3, -0.25) is 0 Å². The van der Waals surface area contributed by atoms with Gasteiger partial charge in [0.1, 0.15) is 0 Å². The summed E-state index contributed by atoms with van der Waals surface area (Å²) in [4.78, 5) is 0. The Bertz CT molecular complexity index is 117. The molecule has 0 saturated heterocycles. The molecule has 0 aromatic carbocycles. The number of rotatable bonds is 8. The minimum absolute atomic E-state index is 0.134. The zero-order valence-electron chi connectivity index (χ0n) is 8.53. The van der Waals surface area contributed by atoms with Gasteiger partial charge in [-0.05, 0) is 20.3 Å². The van der Waals surface area contributed by atoms with Crippen LogP contribution in [0.5, 0.6) is 0 Å². The van der Waals surface area contributed by atoms with Crippen molar-refractivity contribution in [3.8, 4) is 0 Å². The molecule has 3 nitrogen and oxygen atoms in total. The zero-order valence-corrected chi connectivity index (χ0v) is 8.53. The molecule has 0 bridgehead atoms. The highest BCUT2D eigenvalue weighted by molar-refractivity contribution is 4.82. The predicted octanol–water partition coefficient (Wildman–Crippen LogP) is 1.71. The Balaban J connectivity index is 3.54. The molecule has 0 heterocycles. The third kappa shape index (κ3) is 7.96. The molecule has 0 aliphatic rings. The Kier molecular flexibility index (Phi) is 9.42. The van der Waals surface area contributed by atoms with E-state index in [0.717, 1.165) is 6.42 Å². The van der Waals surface area contributed by atoms with E-state index in [1.807, 2.05) is 26.0 Å². The fraction of sp³-hybridized carbons (Fsp3) is 0.800. The topological polar surface area (TPSA) is 38.7 Å². The summed E-state index contributed by atoms with van der Waals surface area (Å²) < 4.78 is 10.7. The molecule has 0 spiro atoms. The Hall–Kier alpha value is -0.380. The van der Waals surface area contributed by atoms with Crippen molar-refractivity contribution in [1.29, 1.82) is 0 Å².